The van der Waals surface area contributed by atoms with E-state index in [1.54, 1.807) is 0 Å². The van der Waals surface area contributed by atoms with Crippen molar-refractivity contribution in [2.45, 2.75) is 25.8 Å². The van der Waals surface area contributed by atoms with E-state index in [2.05, 4.69) is 25.8 Å². The van der Waals surface area contributed by atoms with Crippen molar-refractivity contribution in [1.82, 2.24) is 14.3 Å². The normalized spacial score (nSPS) is 28.3. The first-order valence-electron chi connectivity index (χ1n) is 7.66. The van der Waals surface area contributed by atoms with Gasteiger partial charge < -0.3 is 9.51 Å². The Morgan fingerprint density at radius 2 is 2.41 bits per heavy atom. The van der Waals surface area contributed by atoms with Gasteiger partial charge in [0.05, 0.1) is 11.1 Å². The molecule has 1 saturated heterocycles. The summed E-state index contributed by atoms with van der Waals surface area (Å²) in [7, 11) is 0. The van der Waals surface area contributed by atoms with E-state index in [9.17, 15) is 9.90 Å². The predicted octanol–water partition coefficient (Wildman–Crippen LogP) is 2.78. The fourth-order valence-corrected chi connectivity index (χ4v) is 4.50. The van der Waals surface area contributed by atoms with Gasteiger partial charge in [0.1, 0.15) is 5.65 Å². The molecular weight excluding hydrogens is 346 g/mol. The summed E-state index contributed by atoms with van der Waals surface area (Å²) < 4.78 is 3.02. The maximum atomic E-state index is 11.7. The highest BCUT2D eigenvalue weighted by molar-refractivity contribution is 9.10. The van der Waals surface area contributed by atoms with E-state index in [1.165, 1.54) is 0 Å². The second-order valence-electron chi connectivity index (χ2n) is 6.56. The molecule has 2 fully saturated rings. The van der Waals surface area contributed by atoms with Crippen molar-refractivity contribution in [2.24, 2.45) is 11.3 Å². The molecule has 1 aliphatic heterocycles. The number of pyridine rings is 1. The number of carboxylic acids is 1. The zero-order chi connectivity index (χ0) is 15.3. The quantitative estimate of drug-likeness (QED) is 0.910. The summed E-state index contributed by atoms with van der Waals surface area (Å²) in [4.78, 5) is 18.6. The molecule has 1 N–H and O–H groups in total. The maximum absolute atomic E-state index is 11.7. The van der Waals surface area contributed by atoms with Crippen LogP contribution in [0.25, 0.3) is 5.65 Å². The lowest BCUT2D eigenvalue weighted by Gasteiger charge is -2.23. The average molecular weight is 364 g/mol. The molecule has 1 aliphatic carbocycles. The molecule has 3 heterocycles. The van der Waals surface area contributed by atoms with Gasteiger partial charge in [-0.3, -0.25) is 9.69 Å². The Morgan fingerprint density at radius 1 is 1.55 bits per heavy atom. The SMILES string of the molecule is O=C(O)[C@@]12CCC[C@H]1CN(Cc1cn3ccc(Br)cc3n1)C2. The van der Waals surface area contributed by atoms with Crippen LogP contribution in [0.5, 0.6) is 0 Å². The van der Waals surface area contributed by atoms with E-state index in [0.29, 0.717) is 12.5 Å². The zero-order valence-corrected chi connectivity index (χ0v) is 13.8. The van der Waals surface area contributed by atoms with E-state index in [4.69, 9.17) is 0 Å². The molecule has 1 saturated carbocycles. The number of aromatic nitrogens is 2. The molecule has 2 atom stereocenters. The second kappa shape index (κ2) is 5.06. The number of fused-ring (bicyclic) bond motifs is 2. The van der Waals surface area contributed by atoms with Gasteiger partial charge in [0.2, 0.25) is 0 Å². The van der Waals surface area contributed by atoms with Crippen molar-refractivity contribution in [3.8, 4) is 0 Å². The van der Waals surface area contributed by atoms with Crippen molar-refractivity contribution < 1.29 is 9.90 Å². The molecular formula is C16H18BrN3O2. The molecule has 0 aromatic carbocycles. The lowest BCUT2D eigenvalue weighted by Crippen LogP contribution is -2.35. The first-order chi connectivity index (χ1) is 10.6. The number of nitrogens with zero attached hydrogens (tertiary/aromatic N) is 3. The van der Waals surface area contributed by atoms with E-state index in [-0.39, 0.29) is 0 Å². The third-order valence-corrected chi connectivity index (χ3v) is 5.72. The number of hydrogen-bond donors (Lipinski definition) is 1. The minimum Gasteiger partial charge on any atom is -0.481 e. The molecule has 2 aromatic rings. The fraction of sp³-hybridized carbons (Fsp3) is 0.500. The Bertz CT molecular complexity index is 744. The lowest BCUT2D eigenvalue weighted by atomic mass is 9.81. The molecule has 0 amide bonds. The molecule has 2 aliphatic rings. The third kappa shape index (κ3) is 2.16. The second-order valence-corrected chi connectivity index (χ2v) is 7.48. The van der Waals surface area contributed by atoms with Crippen molar-refractivity contribution in [3.05, 3.63) is 34.7 Å². The molecule has 6 heteroatoms. The highest BCUT2D eigenvalue weighted by atomic mass is 79.9. The van der Waals surface area contributed by atoms with Gasteiger partial charge in [0, 0.05) is 36.5 Å². The first kappa shape index (κ1) is 14.2. The number of likely N-dealkylation sites (tertiary alicyclic amines) is 1. The van der Waals surface area contributed by atoms with Gasteiger partial charge in [-0.2, -0.15) is 0 Å². The van der Waals surface area contributed by atoms with Crippen molar-refractivity contribution in [1.29, 1.82) is 0 Å². The monoisotopic (exact) mass is 363 g/mol. The summed E-state index contributed by atoms with van der Waals surface area (Å²) in [6, 6.07) is 3.97. The standard InChI is InChI=1S/C16H18BrN3O2/c17-12-3-5-20-9-13(18-14(20)6-12)8-19-7-11-2-1-4-16(11,10-19)15(21)22/h3,5-6,9,11H,1-2,4,7-8,10H2,(H,21,22)/t11-,16+/m0/s1. The van der Waals surface area contributed by atoms with Crippen LogP contribution < -0.4 is 0 Å². The number of hydrogen-bond acceptors (Lipinski definition) is 3. The van der Waals surface area contributed by atoms with Crippen molar-refractivity contribution in [2.75, 3.05) is 13.1 Å². The number of imidazole rings is 1. The number of carbonyl (C=O) groups is 1. The zero-order valence-electron chi connectivity index (χ0n) is 12.2. The van der Waals surface area contributed by atoms with Crippen molar-refractivity contribution >= 4 is 27.5 Å². The van der Waals surface area contributed by atoms with Gasteiger partial charge in [0.15, 0.2) is 0 Å². The molecule has 0 unspecified atom stereocenters. The summed E-state index contributed by atoms with van der Waals surface area (Å²) in [6.07, 6.45) is 6.92. The van der Waals surface area contributed by atoms with Crippen LogP contribution in [0.1, 0.15) is 25.0 Å². The van der Waals surface area contributed by atoms with Gasteiger partial charge >= 0.3 is 5.97 Å². The van der Waals surface area contributed by atoms with Gasteiger partial charge in [-0.15, -0.1) is 0 Å². The summed E-state index contributed by atoms with van der Waals surface area (Å²) in [5, 5.41) is 9.65. The number of halogens is 1. The van der Waals surface area contributed by atoms with Crippen LogP contribution in [0.2, 0.25) is 0 Å². The van der Waals surface area contributed by atoms with Crippen LogP contribution in [0.15, 0.2) is 29.0 Å². The van der Waals surface area contributed by atoms with Crippen LogP contribution >= 0.6 is 15.9 Å². The summed E-state index contributed by atoms with van der Waals surface area (Å²) in [5.41, 5.74) is 1.40. The maximum Gasteiger partial charge on any atom is 0.311 e. The van der Waals surface area contributed by atoms with E-state index in [1.807, 2.05) is 28.9 Å². The number of carboxylic acid groups (broad SMARTS) is 1. The molecule has 22 heavy (non-hydrogen) atoms. The Balaban J connectivity index is 1.55. The Morgan fingerprint density at radius 3 is 3.18 bits per heavy atom. The third-order valence-electron chi connectivity index (χ3n) is 5.22. The minimum absolute atomic E-state index is 0.302. The molecule has 0 spiro atoms. The Kier molecular flexibility index (Phi) is 3.27. The largest absolute Gasteiger partial charge is 0.481 e. The van der Waals surface area contributed by atoms with Crippen LogP contribution in [0.3, 0.4) is 0 Å². The molecule has 116 valence electrons. The first-order valence-corrected chi connectivity index (χ1v) is 8.45. The molecule has 2 aromatic heterocycles. The van der Waals surface area contributed by atoms with Gasteiger partial charge in [-0.1, -0.05) is 22.4 Å². The van der Waals surface area contributed by atoms with Gasteiger partial charge in [-0.25, -0.2) is 4.98 Å². The molecule has 4 rings (SSSR count). The molecule has 0 radical (unpaired) electrons. The summed E-state index contributed by atoms with van der Waals surface area (Å²) >= 11 is 3.46. The number of rotatable bonds is 3. The highest BCUT2D eigenvalue weighted by Gasteiger charge is 2.54. The van der Waals surface area contributed by atoms with Crippen molar-refractivity contribution in [3.63, 3.8) is 0 Å². The lowest BCUT2D eigenvalue weighted by molar-refractivity contribution is -0.149. The predicted molar refractivity (Wildman–Crippen MR) is 85.6 cm³/mol. The molecule has 5 nitrogen and oxygen atoms in total. The average Bonchev–Trinajstić information content (AvgIpc) is 3.09. The molecule has 0 bridgehead atoms. The Labute approximate surface area is 137 Å². The highest BCUT2D eigenvalue weighted by Crippen LogP contribution is 2.49. The van der Waals surface area contributed by atoms with E-state index < -0.39 is 11.4 Å². The smallest absolute Gasteiger partial charge is 0.311 e. The van der Waals surface area contributed by atoms with Crippen LogP contribution in [-0.4, -0.2) is 38.4 Å². The van der Waals surface area contributed by atoms with Gasteiger partial charge in [-0.05, 0) is 30.9 Å². The summed E-state index contributed by atoms with van der Waals surface area (Å²) in [5.74, 6) is -0.312. The van der Waals surface area contributed by atoms with Crippen LogP contribution in [-0.2, 0) is 11.3 Å². The van der Waals surface area contributed by atoms with E-state index in [0.717, 1.165) is 48.2 Å². The van der Waals surface area contributed by atoms with E-state index >= 15 is 0 Å². The fourth-order valence-electron chi connectivity index (χ4n) is 4.18. The number of aliphatic carboxylic acids is 1. The van der Waals surface area contributed by atoms with Crippen LogP contribution in [0, 0.1) is 11.3 Å². The summed E-state index contributed by atoms with van der Waals surface area (Å²) in [6.45, 7) is 2.26. The Hall–Kier alpha value is -1.40. The topological polar surface area (TPSA) is 57.8 Å². The van der Waals surface area contributed by atoms with Gasteiger partial charge in [0.25, 0.3) is 0 Å². The minimum atomic E-state index is -0.614. The van der Waals surface area contributed by atoms with Crippen LogP contribution in [0.4, 0.5) is 0 Å².